The summed E-state index contributed by atoms with van der Waals surface area (Å²) in [6, 6.07) is 13.0. The van der Waals surface area contributed by atoms with Crippen molar-refractivity contribution in [2.24, 2.45) is 0 Å². The van der Waals surface area contributed by atoms with Gasteiger partial charge in [0.2, 0.25) is 0 Å². The van der Waals surface area contributed by atoms with Crippen molar-refractivity contribution in [3.63, 3.8) is 0 Å². The number of methoxy groups -OCH3 is 1. The molecule has 24 heavy (non-hydrogen) atoms. The van der Waals surface area contributed by atoms with Crippen LogP contribution in [0.1, 0.15) is 0 Å². The highest BCUT2D eigenvalue weighted by atomic mass is 32.1. The minimum atomic E-state index is -0.273. The molecule has 2 heterocycles. The van der Waals surface area contributed by atoms with E-state index in [0.29, 0.717) is 24.5 Å². The van der Waals surface area contributed by atoms with Crippen LogP contribution in [0, 0.1) is 0 Å². The van der Waals surface area contributed by atoms with Gasteiger partial charge in [0.25, 0.3) is 0 Å². The first-order chi connectivity index (χ1) is 11.8. The zero-order valence-corrected chi connectivity index (χ0v) is 14.0. The molecule has 0 spiro atoms. The number of rotatable bonds is 6. The van der Waals surface area contributed by atoms with Crippen LogP contribution in [0.25, 0.3) is 10.6 Å². The predicted molar refractivity (Wildman–Crippen MR) is 95.6 cm³/mol. The first-order valence-electron chi connectivity index (χ1n) is 7.51. The van der Waals surface area contributed by atoms with E-state index in [-0.39, 0.29) is 6.03 Å². The second kappa shape index (κ2) is 7.65. The highest BCUT2D eigenvalue weighted by Gasteiger charge is 2.07. The average molecular weight is 342 g/mol. The van der Waals surface area contributed by atoms with Crippen molar-refractivity contribution in [2.75, 3.05) is 19.0 Å². The summed E-state index contributed by atoms with van der Waals surface area (Å²) in [5.74, 6) is 0.625. The van der Waals surface area contributed by atoms with Crippen LogP contribution in [-0.2, 0) is 6.54 Å². The van der Waals surface area contributed by atoms with Gasteiger partial charge in [-0.2, -0.15) is 5.10 Å². The number of urea groups is 1. The molecule has 0 aliphatic rings. The van der Waals surface area contributed by atoms with Crippen molar-refractivity contribution in [1.82, 2.24) is 15.1 Å². The molecule has 2 N–H and O–H groups in total. The SMILES string of the molecule is COc1ccccc1NC(=O)NCCn1ccc(-c2cccs2)n1. The Morgan fingerprint density at radius 1 is 1.25 bits per heavy atom. The Morgan fingerprint density at radius 2 is 2.12 bits per heavy atom. The molecule has 2 aromatic heterocycles. The highest BCUT2D eigenvalue weighted by Crippen LogP contribution is 2.23. The number of anilines is 1. The van der Waals surface area contributed by atoms with Gasteiger partial charge < -0.3 is 15.4 Å². The molecule has 3 rings (SSSR count). The summed E-state index contributed by atoms with van der Waals surface area (Å²) in [6.07, 6.45) is 1.91. The van der Waals surface area contributed by atoms with Gasteiger partial charge in [0.15, 0.2) is 0 Å². The van der Waals surface area contributed by atoms with E-state index in [1.807, 2.05) is 46.6 Å². The number of nitrogens with one attached hydrogen (secondary N) is 2. The van der Waals surface area contributed by atoms with Gasteiger partial charge in [-0.05, 0) is 29.6 Å². The Bertz CT molecular complexity index is 799. The molecule has 124 valence electrons. The third kappa shape index (κ3) is 3.94. The molecule has 0 atom stereocenters. The summed E-state index contributed by atoms with van der Waals surface area (Å²) in [5.41, 5.74) is 1.58. The number of nitrogens with zero attached hydrogens (tertiary/aromatic N) is 2. The summed E-state index contributed by atoms with van der Waals surface area (Å²) in [5, 5.41) is 12.1. The first-order valence-corrected chi connectivity index (χ1v) is 8.39. The molecule has 6 nitrogen and oxygen atoms in total. The number of hydrogen-bond acceptors (Lipinski definition) is 4. The van der Waals surface area contributed by atoms with E-state index < -0.39 is 0 Å². The Balaban J connectivity index is 1.49. The summed E-state index contributed by atoms with van der Waals surface area (Å²) >= 11 is 1.66. The second-order valence-electron chi connectivity index (χ2n) is 5.02. The van der Waals surface area contributed by atoms with Crippen molar-refractivity contribution in [3.8, 4) is 16.3 Å². The highest BCUT2D eigenvalue weighted by molar-refractivity contribution is 7.13. The second-order valence-corrected chi connectivity index (χ2v) is 5.97. The topological polar surface area (TPSA) is 68.2 Å². The molecule has 0 radical (unpaired) electrons. The third-order valence-electron chi connectivity index (χ3n) is 3.40. The van der Waals surface area contributed by atoms with E-state index in [2.05, 4.69) is 15.7 Å². The van der Waals surface area contributed by atoms with Crippen LogP contribution in [0.4, 0.5) is 10.5 Å². The summed E-state index contributed by atoms with van der Waals surface area (Å²) in [7, 11) is 1.57. The maximum absolute atomic E-state index is 12.0. The van der Waals surface area contributed by atoms with Crippen LogP contribution in [0.15, 0.2) is 54.0 Å². The zero-order valence-electron chi connectivity index (χ0n) is 13.2. The van der Waals surface area contributed by atoms with Crippen molar-refractivity contribution in [1.29, 1.82) is 0 Å². The minimum Gasteiger partial charge on any atom is -0.495 e. The quantitative estimate of drug-likeness (QED) is 0.721. The number of carbonyl (C=O) groups is 1. The molecule has 0 saturated heterocycles. The fraction of sp³-hybridized carbons (Fsp3) is 0.176. The van der Waals surface area contributed by atoms with E-state index in [9.17, 15) is 4.79 Å². The lowest BCUT2D eigenvalue weighted by molar-refractivity contribution is 0.251. The average Bonchev–Trinajstić information content (AvgIpc) is 3.26. The Kier molecular flexibility index (Phi) is 5.12. The number of amides is 2. The lowest BCUT2D eigenvalue weighted by Crippen LogP contribution is -2.31. The van der Waals surface area contributed by atoms with Crippen LogP contribution in [0.3, 0.4) is 0 Å². The van der Waals surface area contributed by atoms with Crippen LogP contribution in [0.5, 0.6) is 5.75 Å². The number of para-hydroxylation sites is 2. The number of thiophene rings is 1. The standard InChI is InChI=1S/C17H18N4O2S/c1-23-15-6-3-2-5-13(15)19-17(22)18-9-11-21-10-8-14(20-21)16-7-4-12-24-16/h2-8,10,12H,9,11H2,1H3,(H2,18,19,22). The number of ether oxygens (including phenoxy) is 1. The minimum absolute atomic E-state index is 0.273. The summed E-state index contributed by atoms with van der Waals surface area (Å²) < 4.78 is 7.02. The zero-order chi connectivity index (χ0) is 16.8. The smallest absolute Gasteiger partial charge is 0.319 e. The number of carbonyl (C=O) groups excluding carboxylic acids is 1. The van der Waals surface area contributed by atoms with Gasteiger partial charge >= 0.3 is 6.03 Å². The fourth-order valence-electron chi connectivity index (χ4n) is 2.24. The molecular weight excluding hydrogens is 324 g/mol. The van der Waals surface area contributed by atoms with Crippen molar-refractivity contribution < 1.29 is 9.53 Å². The largest absolute Gasteiger partial charge is 0.495 e. The van der Waals surface area contributed by atoms with Crippen LogP contribution in [0.2, 0.25) is 0 Å². The normalized spacial score (nSPS) is 10.4. The molecule has 1 aromatic carbocycles. The molecule has 0 unspecified atom stereocenters. The van der Waals surface area contributed by atoms with E-state index in [0.717, 1.165) is 10.6 Å². The summed E-state index contributed by atoms with van der Waals surface area (Å²) in [6.45, 7) is 1.08. The number of benzene rings is 1. The van der Waals surface area contributed by atoms with Gasteiger partial charge in [-0.25, -0.2) is 4.79 Å². The maximum Gasteiger partial charge on any atom is 0.319 e. The molecule has 7 heteroatoms. The lowest BCUT2D eigenvalue weighted by Gasteiger charge is -2.10. The van der Waals surface area contributed by atoms with Crippen molar-refractivity contribution in [2.45, 2.75) is 6.54 Å². The molecule has 0 aliphatic carbocycles. The molecule has 0 fully saturated rings. The third-order valence-corrected chi connectivity index (χ3v) is 4.29. The number of aromatic nitrogens is 2. The van der Waals surface area contributed by atoms with Crippen LogP contribution >= 0.6 is 11.3 Å². The number of hydrogen-bond donors (Lipinski definition) is 2. The molecular formula is C17H18N4O2S. The molecule has 0 saturated carbocycles. The van der Waals surface area contributed by atoms with Gasteiger partial charge in [-0.1, -0.05) is 18.2 Å². The van der Waals surface area contributed by atoms with E-state index >= 15 is 0 Å². The van der Waals surface area contributed by atoms with Crippen molar-refractivity contribution in [3.05, 3.63) is 54.0 Å². The van der Waals surface area contributed by atoms with Gasteiger partial charge in [0.05, 0.1) is 24.2 Å². The fourth-order valence-corrected chi connectivity index (χ4v) is 2.93. The van der Waals surface area contributed by atoms with Gasteiger partial charge in [-0.15, -0.1) is 11.3 Å². The van der Waals surface area contributed by atoms with E-state index in [1.165, 1.54) is 0 Å². The maximum atomic E-state index is 12.0. The van der Waals surface area contributed by atoms with Gasteiger partial charge in [-0.3, -0.25) is 4.68 Å². The van der Waals surface area contributed by atoms with Crippen molar-refractivity contribution >= 4 is 23.1 Å². The van der Waals surface area contributed by atoms with Crippen LogP contribution in [-0.4, -0.2) is 29.5 Å². The predicted octanol–water partition coefficient (Wildman–Crippen LogP) is 3.44. The first kappa shape index (κ1) is 16.1. The monoisotopic (exact) mass is 342 g/mol. The summed E-state index contributed by atoms with van der Waals surface area (Å²) in [4.78, 5) is 13.1. The van der Waals surface area contributed by atoms with E-state index in [1.54, 1.807) is 30.6 Å². The molecule has 3 aromatic rings. The molecule has 0 bridgehead atoms. The Morgan fingerprint density at radius 3 is 2.92 bits per heavy atom. The molecule has 0 aliphatic heterocycles. The Labute approximate surface area is 144 Å². The van der Waals surface area contributed by atoms with Gasteiger partial charge in [0, 0.05) is 12.7 Å². The van der Waals surface area contributed by atoms with Crippen LogP contribution < -0.4 is 15.4 Å². The molecule has 2 amide bonds. The van der Waals surface area contributed by atoms with E-state index in [4.69, 9.17) is 4.74 Å². The Hall–Kier alpha value is -2.80. The van der Waals surface area contributed by atoms with Gasteiger partial charge in [0.1, 0.15) is 11.4 Å². The lowest BCUT2D eigenvalue weighted by atomic mass is 10.3.